The number of carbonyl (C=O) groups excluding carboxylic acids is 1. The molecule has 1 heterocycles. The number of rotatable bonds is 4. The summed E-state index contributed by atoms with van der Waals surface area (Å²) < 4.78 is 68.1. The van der Waals surface area contributed by atoms with E-state index in [4.69, 9.17) is 0 Å². The topological polar surface area (TPSA) is 67.2 Å². The molecule has 1 aliphatic carbocycles. The Morgan fingerprint density at radius 3 is 2.37 bits per heavy atom. The van der Waals surface area contributed by atoms with Crippen LogP contribution >= 0.6 is 0 Å². The van der Waals surface area contributed by atoms with Crippen LogP contribution in [-0.4, -0.2) is 26.2 Å². The van der Waals surface area contributed by atoms with Gasteiger partial charge >= 0.3 is 6.18 Å². The maximum absolute atomic E-state index is 13.8. The fourth-order valence-corrected chi connectivity index (χ4v) is 3.49. The highest BCUT2D eigenvalue weighted by Gasteiger charge is 2.37. The Labute approximate surface area is 167 Å². The first-order valence-electron chi connectivity index (χ1n) is 9.12. The molecule has 0 atom stereocenters. The number of nitrogens with zero attached hydrogens (tertiary/aromatic N) is 2. The van der Waals surface area contributed by atoms with Crippen molar-refractivity contribution < 1.29 is 31.9 Å². The number of carbonyl (C=O) groups is 1. The second-order valence-electron chi connectivity index (χ2n) is 7.40. The number of amides is 1. The maximum Gasteiger partial charge on any atom is 0.416 e. The van der Waals surface area contributed by atoms with Gasteiger partial charge in [0.1, 0.15) is 11.6 Å². The van der Waals surface area contributed by atoms with Crippen molar-refractivity contribution in [3.8, 4) is 5.69 Å². The summed E-state index contributed by atoms with van der Waals surface area (Å²) in [7, 11) is 0. The summed E-state index contributed by atoms with van der Waals surface area (Å²) in [6.45, 7) is 0. The van der Waals surface area contributed by atoms with E-state index in [0.29, 0.717) is 18.9 Å². The Balaban J connectivity index is 1.83. The fraction of sp³-hybridized carbons (Fsp3) is 0.300. The molecule has 0 bridgehead atoms. The van der Waals surface area contributed by atoms with Crippen molar-refractivity contribution in [1.29, 1.82) is 0 Å². The van der Waals surface area contributed by atoms with Crippen molar-refractivity contribution in [1.82, 2.24) is 9.55 Å². The Morgan fingerprint density at radius 1 is 1.13 bits per heavy atom. The Morgan fingerprint density at radius 2 is 1.80 bits per heavy atom. The van der Waals surface area contributed by atoms with Crippen LogP contribution in [0.4, 0.5) is 27.9 Å². The number of nitrogens with one attached hydrogen (secondary N) is 1. The summed E-state index contributed by atoms with van der Waals surface area (Å²) in [5, 5.41) is 12.6. The number of halogens is 5. The van der Waals surface area contributed by atoms with Gasteiger partial charge in [-0.15, -0.1) is 0 Å². The van der Waals surface area contributed by atoms with Gasteiger partial charge in [-0.25, -0.2) is 13.8 Å². The van der Waals surface area contributed by atoms with E-state index >= 15 is 0 Å². The first-order valence-corrected chi connectivity index (χ1v) is 9.12. The molecule has 0 radical (unpaired) electrons. The molecule has 1 saturated carbocycles. The van der Waals surface area contributed by atoms with Crippen molar-refractivity contribution in [2.75, 3.05) is 5.32 Å². The van der Waals surface area contributed by atoms with Gasteiger partial charge in [0.15, 0.2) is 0 Å². The highest BCUT2D eigenvalue weighted by molar-refractivity contribution is 5.93. The molecule has 158 valence electrons. The molecule has 0 unspecified atom stereocenters. The van der Waals surface area contributed by atoms with Crippen LogP contribution in [0, 0.1) is 11.6 Å². The SMILES string of the molecule is O=C(CC1(O)CCC1)Nc1nc2ccc(C(F)(F)F)cc2n1-c1cc(F)cc(F)c1. The van der Waals surface area contributed by atoms with Gasteiger partial charge in [-0.1, -0.05) is 0 Å². The largest absolute Gasteiger partial charge is 0.416 e. The van der Waals surface area contributed by atoms with Crippen LogP contribution in [0.2, 0.25) is 0 Å². The van der Waals surface area contributed by atoms with Gasteiger partial charge in [0.05, 0.1) is 34.3 Å². The van der Waals surface area contributed by atoms with Crippen LogP contribution in [0.5, 0.6) is 0 Å². The van der Waals surface area contributed by atoms with Gasteiger partial charge < -0.3 is 5.11 Å². The van der Waals surface area contributed by atoms with Crippen LogP contribution in [-0.2, 0) is 11.0 Å². The van der Waals surface area contributed by atoms with Crippen molar-refractivity contribution in [3.05, 3.63) is 53.6 Å². The van der Waals surface area contributed by atoms with Crippen molar-refractivity contribution in [2.24, 2.45) is 0 Å². The van der Waals surface area contributed by atoms with E-state index in [9.17, 15) is 31.9 Å². The summed E-state index contributed by atoms with van der Waals surface area (Å²) in [4.78, 5) is 16.5. The lowest BCUT2D eigenvalue weighted by atomic mass is 9.78. The highest BCUT2D eigenvalue weighted by Crippen LogP contribution is 2.36. The zero-order chi connectivity index (χ0) is 21.7. The van der Waals surface area contributed by atoms with E-state index in [1.54, 1.807) is 0 Å². The van der Waals surface area contributed by atoms with Gasteiger partial charge in [-0.3, -0.25) is 14.7 Å². The number of anilines is 1. The highest BCUT2D eigenvalue weighted by atomic mass is 19.4. The third-order valence-electron chi connectivity index (χ3n) is 5.11. The second kappa shape index (κ2) is 7.05. The lowest BCUT2D eigenvalue weighted by molar-refractivity contribution is -0.137. The monoisotopic (exact) mass is 425 g/mol. The molecule has 0 spiro atoms. The van der Waals surface area contributed by atoms with E-state index < -0.39 is 34.9 Å². The number of imidazole rings is 1. The van der Waals surface area contributed by atoms with Crippen LogP contribution in [0.25, 0.3) is 16.7 Å². The molecule has 1 aliphatic rings. The molecule has 2 N–H and O–H groups in total. The third kappa shape index (κ3) is 3.87. The maximum atomic E-state index is 13.8. The first-order chi connectivity index (χ1) is 14.0. The van der Waals surface area contributed by atoms with Gasteiger partial charge in [-0.2, -0.15) is 13.2 Å². The van der Waals surface area contributed by atoms with Crippen LogP contribution in [0.1, 0.15) is 31.2 Å². The molecule has 4 rings (SSSR count). The quantitative estimate of drug-likeness (QED) is 0.602. The smallest absolute Gasteiger partial charge is 0.389 e. The predicted molar refractivity (Wildman–Crippen MR) is 98.0 cm³/mol. The fourth-order valence-electron chi connectivity index (χ4n) is 3.49. The normalized spacial score (nSPS) is 15.8. The van der Waals surface area contributed by atoms with E-state index in [1.165, 1.54) is 0 Å². The van der Waals surface area contributed by atoms with E-state index in [-0.39, 0.29) is 29.1 Å². The van der Waals surface area contributed by atoms with Crippen LogP contribution in [0.15, 0.2) is 36.4 Å². The van der Waals surface area contributed by atoms with Crippen molar-refractivity contribution in [3.63, 3.8) is 0 Å². The second-order valence-corrected chi connectivity index (χ2v) is 7.40. The molecule has 0 saturated heterocycles. The molecular formula is C20H16F5N3O2. The van der Waals surface area contributed by atoms with Crippen molar-refractivity contribution >= 4 is 22.9 Å². The minimum Gasteiger partial charge on any atom is -0.389 e. The third-order valence-corrected chi connectivity index (χ3v) is 5.11. The van der Waals surface area contributed by atoms with Crippen LogP contribution in [0.3, 0.4) is 0 Å². The number of hydrogen-bond donors (Lipinski definition) is 2. The van der Waals surface area contributed by atoms with Crippen LogP contribution < -0.4 is 5.32 Å². The van der Waals surface area contributed by atoms with E-state index in [1.807, 2.05) is 0 Å². The Hall–Kier alpha value is -3.01. The molecule has 1 amide bonds. The molecule has 1 aromatic heterocycles. The molecule has 0 aliphatic heterocycles. The number of aliphatic hydroxyl groups is 1. The zero-order valence-electron chi connectivity index (χ0n) is 15.4. The standard InChI is InChI=1S/C20H16F5N3O2/c21-12-7-13(22)9-14(8-12)28-16-6-11(20(23,24)25)2-3-15(16)26-18(28)27-17(29)10-19(30)4-1-5-19/h2-3,6-9,30H,1,4-5,10H2,(H,26,27,29). The minimum absolute atomic E-state index is 0.0883. The molecule has 1 fully saturated rings. The van der Waals surface area contributed by atoms with Gasteiger partial charge in [0.25, 0.3) is 0 Å². The molecule has 3 aromatic rings. The summed E-state index contributed by atoms with van der Waals surface area (Å²) >= 11 is 0. The zero-order valence-corrected chi connectivity index (χ0v) is 15.4. The number of fused-ring (bicyclic) bond motifs is 1. The summed E-state index contributed by atoms with van der Waals surface area (Å²) in [5.41, 5.74) is -2.26. The van der Waals surface area contributed by atoms with E-state index in [0.717, 1.165) is 41.3 Å². The Kier molecular flexibility index (Phi) is 4.76. The van der Waals surface area contributed by atoms with Gasteiger partial charge in [-0.05, 0) is 49.6 Å². The van der Waals surface area contributed by atoms with Gasteiger partial charge in [0.2, 0.25) is 11.9 Å². The number of aromatic nitrogens is 2. The lowest BCUT2D eigenvalue weighted by Gasteiger charge is -2.35. The summed E-state index contributed by atoms with van der Waals surface area (Å²) in [6, 6.07) is 5.18. The average molecular weight is 425 g/mol. The number of benzene rings is 2. The minimum atomic E-state index is -4.65. The summed E-state index contributed by atoms with van der Waals surface area (Å²) in [5.74, 6) is -2.70. The Bertz CT molecular complexity index is 1120. The molecule has 10 heteroatoms. The molecular weight excluding hydrogens is 409 g/mol. The molecule has 2 aromatic carbocycles. The number of alkyl halides is 3. The summed E-state index contributed by atoms with van der Waals surface area (Å²) in [6.07, 6.45) is -3.16. The molecule has 5 nitrogen and oxygen atoms in total. The van der Waals surface area contributed by atoms with Gasteiger partial charge in [0, 0.05) is 6.07 Å². The van der Waals surface area contributed by atoms with Crippen molar-refractivity contribution in [2.45, 2.75) is 37.5 Å². The number of hydrogen-bond acceptors (Lipinski definition) is 3. The predicted octanol–water partition coefficient (Wildman–Crippen LogP) is 4.57. The molecule has 30 heavy (non-hydrogen) atoms. The van der Waals surface area contributed by atoms with E-state index in [2.05, 4.69) is 10.3 Å². The average Bonchev–Trinajstić information content (AvgIpc) is 2.95. The first kappa shape index (κ1) is 20.3. The lowest BCUT2D eigenvalue weighted by Crippen LogP contribution is -2.40.